The van der Waals surface area contributed by atoms with Crippen LogP contribution in [0.1, 0.15) is 27.6 Å². The number of carbonyl (C=O) groups excluding carboxylic acids is 3. The fraction of sp³-hybridized carbons (Fsp3) is 0.105. The number of thioether (sulfide) groups is 1. The number of ketones is 1. The minimum atomic E-state index is -0.298. The minimum absolute atomic E-state index is 0.0681. The first-order valence-electron chi connectivity index (χ1n) is 8.35. The molecule has 7 nitrogen and oxygen atoms in total. The molecule has 148 valence electrons. The van der Waals surface area contributed by atoms with E-state index in [-0.39, 0.29) is 23.4 Å². The Balaban J connectivity index is 1.53. The Labute approximate surface area is 183 Å². The second-order valence-corrected chi connectivity index (χ2v) is 8.84. The topological polar surface area (TPSA) is 101 Å². The molecule has 0 atom stereocenters. The average Bonchev–Trinajstić information content (AvgIpc) is 3.14. The molecule has 0 radical (unpaired) electrons. The van der Waals surface area contributed by atoms with E-state index in [1.54, 1.807) is 42.5 Å². The summed E-state index contributed by atoms with van der Waals surface area (Å²) < 4.78 is 1.24. The molecule has 2 N–H and O–H groups in total. The van der Waals surface area contributed by atoms with Crippen molar-refractivity contribution < 1.29 is 14.4 Å². The van der Waals surface area contributed by atoms with Crippen molar-refractivity contribution >= 4 is 67.4 Å². The van der Waals surface area contributed by atoms with Crippen LogP contribution in [0, 0.1) is 0 Å². The van der Waals surface area contributed by atoms with Crippen molar-refractivity contribution in [3.05, 3.63) is 64.1 Å². The van der Waals surface area contributed by atoms with Gasteiger partial charge < -0.3 is 5.32 Å². The predicted molar refractivity (Wildman–Crippen MR) is 118 cm³/mol. The lowest BCUT2D eigenvalue weighted by molar-refractivity contribution is -0.113. The van der Waals surface area contributed by atoms with Crippen molar-refractivity contribution in [2.75, 3.05) is 16.4 Å². The smallest absolute Gasteiger partial charge is 0.258 e. The molecule has 0 unspecified atom stereocenters. The van der Waals surface area contributed by atoms with Gasteiger partial charge in [-0.2, -0.15) is 0 Å². The molecule has 0 bridgehead atoms. The molecule has 1 aromatic heterocycles. The third kappa shape index (κ3) is 5.96. The molecule has 1 heterocycles. The lowest BCUT2D eigenvalue weighted by Crippen LogP contribution is -2.14. The molecule has 10 heteroatoms. The van der Waals surface area contributed by atoms with Crippen LogP contribution in [-0.4, -0.2) is 33.5 Å². The van der Waals surface area contributed by atoms with Gasteiger partial charge in [0.25, 0.3) is 5.91 Å². The van der Waals surface area contributed by atoms with Crippen LogP contribution >= 0.6 is 39.0 Å². The number of anilines is 2. The highest BCUT2D eigenvalue weighted by Gasteiger charge is 2.14. The molecule has 0 saturated heterocycles. The molecule has 3 rings (SSSR count). The number of hydrogen-bond donors (Lipinski definition) is 2. The number of hydrogen-bond acceptors (Lipinski definition) is 7. The van der Waals surface area contributed by atoms with Crippen molar-refractivity contribution in [1.29, 1.82) is 0 Å². The van der Waals surface area contributed by atoms with Crippen LogP contribution in [0.15, 0.2) is 57.3 Å². The van der Waals surface area contributed by atoms with Crippen molar-refractivity contribution in [1.82, 2.24) is 10.2 Å². The van der Waals surface area contributed by atoms with E-state index in [2.05, 4.69) is 36.8 Å². The Kier molecular flexibility index (Phi) is 7.13. The Morgan fingerprint density at radius 1 is 1.07 bits per heavy atom. The normalized spacial score (nSPS) is 10.4. The van der Waals surface area contributed by atoms with Gasteiger partial charge in [-0.05, 0) is 47.1 Å². The number of benzene rings is 2. The number of rotatable bonds is 7. The van der Waals surface area contributed by atoms with Gasteiger partial charge in [0, 0.05) is 15.7 Å². The third-order valence-electron chi connectivity index (χ3n) is 3.62. The second-order valence-electron chi connectivity index (χ2n) is 5.78. The van der Waals surface area contributed by atoms with Gasteiger partial charge in [-0.15, -0.1) is 10.2 Å². The van der Waals surface area contributed by atoms with E-state index in [9.17, 15) is 14.4 Å². The van der Waals surface area contributed by atoms with Crippen LogP contribution in [0.25, 0.3) is 0 Å². The molecule has 2 amide bonds. The zero-order valence-corrected chi connectivity index (χ0v) is 18.4. The van der Waals surface area contributed by atoms with Gasteiger partial charge in [0.2, 0.25) is 11.0 Å². The fourth-order valence-electron chi connectivity index (χ4n) is 2.27. The van der Waals surface area contributed by atoms with Gasteiger partial charge >= 0.3 is 0 Å². The van der Waals surface area contributed by atoms with Gasteiger partial charge in [0.1, 0.15) is 0 Å². The molecular formula is C19H15BrN4O3S2. The first-order valence-corrected chi connectivity index (χ1v) is 10.9. The SMILES string of the molecule is CC(=O)c1cccc(NC(=O)CSc2nnc(NC(=O)c3ccccc3Br)s2)c1. The van der Waals surface area contributed by atoms with Crippen molar-refractivity contribution in [3.63, 3.8) is 0 Å². The summed E-state index contributed by atoms with van der Waals surface area (Å²) in [6.45, 7) is 1.47. The number of amides is 2. The zero-order valence-electron chi connectivity index (χ0n) is 15.1. The molecule has 0 spiro atoms. The minimum Gasteiger partial charge on any atom is -0.325 e. The van der Waals surface area contributed by atoms with Gasteiger partial charge in [-0.3, -0.25) is 19.7 Å². The van der Waals surface area contributed by atoms with Crippen LogP contribution in [0.5, 0.6) is 0 Å². The van der Waals surface area contributed by atoms with Gasteiger partial charge in [-0.25, -0.2) is 0 Å². The second kappa shape index (κ2) is 9.77. The highest BCUT2D eigenvalue weighted by Crippen LogP contribution is 2.26. The van der Waals surface area contributed by atoms with E-state index < -0.39 is 0 Å². The Hall–Kier alpha value is -2.56. The quantitative estimate of drug-likeness (QED) is 0.287. The summed E-state index contributed by atoms with van der Waals surface area (Å²) in [6, 6.07) is 13.8. The maximum absolute atomic E-state index is 12.3. The van der Waals surface area contributed by atoms with E-state index in [1.165, 1.54) is 30.0 Å². The van der Waals surface area contributed by atoms with E-state index in [4.69, 9.17) is 0 Å². The van der Waals surface area contributed by atoms with Crippen molar-refractivity contribution in [2.45, 2.75) is 11.3 Å². The largest absolute Gasteiger partial charge is 0.325 e. The summed E-state index contributed by atoms with van der Waals surface area (Å²) in [5.41, 5.74) is 1.58. The van der Waals surface area contributed by atoms with Crippen LogP contribution < -0.4 is 10.6 Å². The molecule has 0 saturated carbocycles. The standard InChI is InChI=1S/C19H15BrN4O3S2/c1-11(25)12-5-4-6-13(9-12)21-16(26)10-28-19-24-23-18(29-19)22-17(27)14-7-2-3-8-15(14)20/h2-9H,10H2,1H3,(H,21,26)(H,22,23,27). The molecule has 0 aliphatic carbocycles. The molecule has 2 aromatic carbocycles. The summed E-state index contributed by atoms with van der Waals surface area (Å²) in [6.07, 6.45) is 0. The maximum Gasteiger partial charge on any atom is 0.258 e. The number of carbonyl (C=O) groups is 3. The Bertz CT molecular complexity index is 1070. The summed E-state index contributed by atoms with van der Waals surface area (Å²) in [5, 5.41) is 13.7. The summed E-state index contributed by atoms with van der Waals surface area (Å²) in [5.74, 6) is -0.476. The third-order valence-corrected chi connectivity index (χ3v) is 6.29. The lowest BCUT2D eigenvalue weighted by atomic mass is 10.1. The van der Waals surface area contributed by atoms with E-state index in [0.29, 0.717) is 30.8 Å². The molecule has 3 aromatic rings. The predicted octanol–water partition coefficient (Wildman–Crippen LogP) is 4.49. The Morgan fingerprint density at radius 2 is 1.86 bits per heavy atom. The summed E-state index contributed by atoms with van der Waals surface area (Å²) in [7, 11) is 0. The number of Topliss-reactive ketones (excluding diaryl/α,β-unsaturated/α-hetero) is 1. The average molecular weight is 491 g/mol. The summed E-state index contributed by atoms with van der Waals surface area (Å²) in [4.78, 5) is 35.8. The van der Waals surface area contributed by atoms with Crippen molar-refractivity contribution in [3.8, 4) is 0 Å². The molecule has 0 fully saturated rings. The van der Waals surface area contributed by atoms with Crippen LogP contribution in [-0.2, 0) is 4.79 Å². The molecular weight excluding hydrogens is 476 g/mol. The van der Waals surface area contributed by atoms with Gasteiger partial charge in [0.15, 0.2) is 10.1 Å². The summed E-state index contributed by atoms with van der Waals surface area (Å²) >= 11 is 5.73. The fourth-order valence-corrected chi connectivity index (χ4v) is 4.28. The lowest BCUT2D eigenvalue weighted by Gasteiger charge is -2.05. The first kappa shape index (κ1) is 21.2. The number of halogens is 1. The van der Waals surface area contributed by atoms with E-state index in [0.717, 1.165) is 0 Å². The van der Waals surface area contributed by atoms with E-state index >= 15 is 0 Å². The highest BCUT2D eigenvalue weighted by molar-refractivity contribution is 9.10. The Morgan fingerprint density at radius 3 is 2.62 bits per heavy atom. The van der Waals surface area contributed by atoms with Gasteiger partial charge in [0.05, 0.1) is 11.3 Å². The van der Waals surface area contributed by atoms with Crippen molar-refractivity contribution in [2.24, 2.45) is 0 Å². The van der Waals surface area contributed by atoms with Crippen LogP contribution in [0.2, 0.25) is 0 Å². The van der Waals surface area contributed by atoms with Crippen LogP contribution in [0.3, 0.4) is 0 Å². The monoisotopic (exact) mass is 490 g/mol. The molecule has 0 aliphatic heterocycles. The number of aromatic nitrogens is 2. The van der Waals surface area contributed by atoms with E-state index in [1.807, 2.05) is 6.07 Å². The number of nitrogens with one attached hydrogen (secondary N) is 2. The molecule has 0 aliphatic rings. The first-order chi connectivity index (χ1) is 13.9. The number of nitrogens with zero attached hydrogens (tertiary/aromatic N) is 2. The van der Waals surface area contributed by atoms with Gasteiger partial charge in [-0.1, -0.05) is 47.4 Å². The molecule has 29 heavy (non-hydrogen) atoms. The highest BCUT2D eigenvalue weighted by atomic mass is 79.9. The zero-order chi connectivity index (χ0) is 20.8. The maximum atomic E-state index is 12.3. The van der Waals surface area contributed by atoms with Crippen LogP contribution in [0.4, 0.5) is 10.8 Å².